The molecule has 2 heterocycles. The zero-order chi connectivity index (χ0) is 25.7. The molecule has 1 aromatic carbocycles. The summed E-state index contributed by atoms with van der Waals surface area (Å²) in [4.78, 5) is 42.7. The van der Waals surface area contributed by atoms with Crippen LogP contribution in [0.4, 0.5) is 0 Å². The maximum atomic E-state index is 13.2. The summed E-state index contributed by atoms with van der Waals surface area (Å²) >= 11 is 10.9. The van der Waals surface area contributed by atoms with Crippen LogP contribution in [0.3, 0.4) is 0 Å². The third kappa shape index (κ3) is 6.76. The Hall–Kier alpha value is -3.05. The van der Waals surface area contributed by atoms with Crippen LogP contribution in [0.5, 0.6) is 0 Å². The van der Waals surface area contributed by atoms with E-state index in [1.165, 1.54) is 0 Å². The van der Waals surface area contributed by atoms with Crippen molar-refractivity contribution in [2.75, 3.05) is 6.54 Å². The molecule has 0 spiro atoms. The molecular weight excluding hydrogens is 484 g/mol. The second-order valence-electron chi connectivity index (χ2n) is 9.09. The number of aromatic amines is 1. The van der Waals surface area contributed by atoms with Gasteiger partial charge in [0.2, 0.25) is 17.7 Å². The highest BCUT2D eigenvalue weighted by Crippen LogP contribution is 2.19. The van der Waals surface area contributed by atoms with Crippen LogP contribution in [-0.4, -0.2) is 63.4 Å². The molecule has 11 heteroatoms. The van der Waals surface area contributed by atoms with E-state index in [9.17, 15) is 14.4 Å². The zero-order valence-corrected chi connectivity index (χ0v) is 21.9. The molecule has 3 rings (SSSR count). The summed E-state index contributed by atoms with van der Waals surface area (Å²) in [5.41, 5.74) is 1.89. The van der Waals surface area contributed by atoms with Crippen LogP contribution >= 0.6 is 24.4 Å². The molecule has 35 heavy (non-hydrogen) atoms. The van der Waals surface area contributed by atoms with E-state index >= 15 is 0 Å². The minimum Gasteiger partial charge on any atom is -0.367 e. The molecule has 0 bridgehead atoms. The van der Waals surface area contributed by atoms with Crippen LogP contribution in [0, 0.1) is 5.92 Å². The molecule has 0 saturated carbocycles. The van der Waals surface area contributed by atoms with Gasteiger partial charge in [0.15, 0.2) is 0 Å². The van der Waals surface area contributed by atoms with Crippen molar-refractivity contribution in [3.8, 4) is 0 Å². The third-order valence-electron chi connectivity index (χ3n) is 5.92. The Bertz CT molecular complexity index is 1130. The second-order valence-corrected chi connectivity index (χ2v) is 10.0. The molecule has 0 aliphatic carbocycles. The first kappa shape index (κ1) is 26.6. The first-order valence-corrected chi connectivity index (χ1v) is 12.4. The van der Waals surface area contributed by atoms with Gasteiger partial charge in [0.1, 0.15) is 18.1 Å². The van der Waals surface area contributed by atoms with Crippen molar-refractivity contribution >= 4 is 63.0 Å². The number of benzene rings is 1. The number of hydrogen-bond acceptors (Lipinski definition) is 5. The molecule has 1 aromatic heterocycles. The highest BCUT2D eigenvalue weighted by molar-refractivity contribution is 7.80. The molecule has 1 aliphatic heterocycles. The summed E-state index contributed by atoms with van der Waals surface area (Å²) in [5.74, 6) is -1.10. The fourth-order valence-corrected chi connectivity index (χ4v) is 4.25. The van der Waals surface area contributed by atoms with Crippen molar-refractivity contribution in [1.29, 1.82) is 0 Å². The Labute approximate surface area is 215 Å². The summed E-state index contributed by atoms with van der Waals surface area (Å²) < 4.78 is 0. The molecule has 188 valence electrons. The molecule has 3 amide bonds. The van der Waals surface area contributed by atoms with Crippen molar-refractivity contribution < 1.29 is 14.4 Å². The third-order valence-corrected chi connectivity index (χ3v) is 6.66. The average molecular weight is 517 g/mol. The summed E-state index contributed by atoms with van der Waals surface area (Å²) in [7, 11) is 0. The number of para-hydroxylation sites is 1. The van der Waals surface area contributed by atoms with Gasteiger partial charge in [0.05, 0.1) is 22.6 Å². The van der Waals surface area contributed by atoms with Gasteiger partial charge >= 0.3 is 0 Å². The molecule has 1 saturated heterocycles. The highest BCUT2D eigenvalue weighted by atomic mass is 32.1. The van der Waals surface area contributed by atoms with E-state index < -0.39 is 24.2 Å². The van der Waals surface area contributed by atoms with Gasteiger partial charge in [-0.25, -0.2) is 0 Å². The predicted molar refractivity (Wildman–Crippen MR) is 144 cm³/mol. The van der Waals surface area contributed by atoms with Gasteiger partial charge in [0.25, 0.3) is 0 Å². The minimum absolute atomic E-state index is 0.0514. The number of H-pyrrole nitrogens is 1. The monoisotopic (exact) mass is 516 g/mol. The van der Waals surface area contributed by atoms with E-state index in [0.717, 1.165) is 16.5 Å². The smallest absolute Gasteiger partial charge is 0.243 e. The van der Waals surface area contributed by atoms with Gasteiger partial charge < -0.3 is 31.6 Å². The van der Waals surface area contributed by atoms with Crippen LogP contribution in [0.25, 0.3) is 10.9 Å². The summed E-state index contributed by atoms with van der Waals surface area (Å²) in [5, 5.41) is 15.5. The zero-order valence-electron chi connectivity index (χ0n) is 20.2. The lowest BCUT2D eigenvalue weighted by atomic mass is 10.0. The standard InChI is InChI=1S/C24H32N6O3S2/c1-12(2)20-23(33)28-14(4)24(35)29-18(9-15-10-25-17-8-6-5-7-16(15)17)22(32)27-13(3)21(31)26-11-19(34)30-20/h5-8,10,12-14,18,20,25H,9,11H2,1-4H3,(H,26,31)(H,27,32)(H,28,33)(H,29,35)(H,30,34)/t13-,14-,18-,20-/m0/s1. The topological polar surface area (TPSA) is 127 Å². The van der Waals surface area contributed by atoms with Crippen LogP contribution in [0.15, 0.2) is 30.5 Å². The molecule has 2 aromatic rings. The van der Waals surface area contributed by atoms with Crippen LogP contribution in [0.1, 0.15) is 33.3 Å². The first-order valence-electron chi connectivity index (χ1n) is 11.6. The van der Waals surface area contributed by atoms with Gasteiger partial charge in [-0.05, 0) is 31.4 Å². The van der Waals surface area contributed by atoms with Gasteiger partial charge in [-0.1, -0.05) is 56.5 Å². The largest absolute Gasteiger partial charge is 0.367 e. The number of nitrogens with one attached hydrogen (secondary N) is 6. The lowest BCUT2D eigenvalue weighted by Crippen LogP contribution is -2.57. The predicted octanol–water partition coefficient (Wildman–Crippen LogP) is 1.08. The van der Waals surface area contributed by atoms with Crippen LogP contribution in [0.2, 0.25) is 0 Å². The Morgan fingerprint density at radius 2 is 1.60 bits per heavy atom. The number of aromatic nitrogens is 1. The van der Waals surface area contributed by atoms with Crippen molar-refractivity contribution in [2.24, 2.45) is 5.92 Å². The van der Waals surface area contributed by atoms with E-state index in [0.29, 0.717) is 16.4 Å². The second kappa shape index (κ2) is 11.6. The molecule has 6 N–H and O–H groups in total. The number of thiocarbonyl (C=S) groups is 2. The Morgan fingerprint density at radius 1 is 0.914 bits per heavy atom. The number of amides is 3. The highest BCUT2D eigenvalue weighted by Gasteiger charge is 2.29. The maximum absolute atomic E-state index is 13.2. The van der Waals surface area contributed by atoms with Crippen molar-refractivity contribution in [3.05, 3.63) is 36.0 Å². The normalized spacial score (nSPS) is 25.1. The number of rotatable bonds is 3. The molecule has 1 aliphatic rings. The van der Waals surface area contributed by atoms with Gasteiger partial charge in [-0.3, -0.25) is 14.4 Å². The number of carbonyl (C=O) groups is 3. The number of hydrogen-bond donors (Lipinski definition) is 6. The van der Waals surface area contributed by atoms with E-state index in [4.69, 9.17) is 24.4 Å². The molecule has 4 atom stereocenters. The lowest BCUT2D eigenvalue weighted by molar-refractivity contribution is -0.129. The van der Waals surface area contributed by atoms with E-state index in [1.807, 2.05) is 44.3 Å². The minimum atomic E-state index is -0.797. The van der Waals surface area contributed by atoms with E-state index in [-0.39, 0.29) is 30.2 Å². The number of fused-ring (bicyclic) bond motifs is 1. The van der Waals surface area contributed by atoms with Crippen LogP contribution in [-0.2, 0) is 20.8 Å². The fraction of sp³-hybridized carbons (Fsp3) is 0.458. The Kier molecular flexibility index (Phi) is 8.79. The molecular formula is C24H32N6O3S2. The van der Waals surface area contributed by atoms with Gasteiger partial charge in [-0.2, -0.15) is 0 Å². The summed E-state index contributed by atoms with van der Waals surface area (Å²) in [6, 6.07) is 5.11. The van der Waals surface area contributed by atoms with Gasteiger partial charge in [-0.15, -0.1) is 0 Å². The quantitative estimate of drug-likeness (QED) is 0.337. The first-order chi connectivity index (χ1) is 16.6. The van der Waals surface area contributed by atoms with Crippen LogP contribution < -0.4 is 26.6 Å². The molecule has 0 unspecified atom stereocenters. The Balaban J connectivity index is 1.89. The SMILES string of the molecule is CC(C)[C@@H]1NC(=S)CNC(=O)[C@H](C)NC(=O)[C@H](Cc2c[nH]c3ccccc23)NC(=S)[C@H](C)NC1=O. The lowest BCUT2D eigenvalue weighted by Gasteiger charge is -2.27. The fourth-order valence-electron chi connectivity index (χ4n) is 3.85. The van der Waals surface area contributed by atoms with Crippen molar-refractivity contribution in [1.82, 2.24) is 31.6 Å². The molecule has 1 fully saturated rings. The summed E-state index contributed by atoms with van der Waals surface area (Å²) in [6.45, 7) is 7.21. The molecule has 9 nitrogen and oxygen atoms in total. The van der Waals surface area contributed by atoms with Crippen molar-refractivity contribution in [3.63, 3.8) is 0 Å². The van der Waals surface area contributed by atoms with Gasteiger partial charge in [0, 0.05) is 23.5 Å². The maximum Gasteiger partial charge on any atom is 0.243 e. The van der Waals surface area contributed by atoms with E-state index in [2.05, 4.69) is 31.6 Å². The van der Waals surface area contributed by atoms with Crippen molar-refractivity contribution in [2.45, 2.75) is 58.3 Å². The average Bonchev–Trinajstić information content (AvgIpc) is 3.22. The Morgan fingerprint density at radius 3 is 2.31 bits per heavy atom. The number of carbonyl (C=O) groups excluding carboxylic acids is 3. The summed E-state index contributed by atoms with van der Waals surface area (Å²) in [6.07, 6.45) is 2.19. The van der Waals surface area contributed by atoms with E-state index in [1.54, 1.807) is 13.8 Å². The molecule has 0 radical (unpaired) electrons.